The van der Waals surface area contributed by atoms with Gasteiger partial charge in [0.2, 0.25) is 0 Å². The minimum absolute atomic E-state index is 0.439. The van der Waals surface area contributed by atoms with E-state index in [9.17, 15) is 4.79 Å². The van der Waals surface area contributed by atoms with E-state index in [1.54, 1.807) is 0 Å². The number of rotatable bonds is 6. The number of hydrogen-bond acceptors (Lipinski definition) is 4. The van der Waals surface area contributed by atoms with Crippen LogP contribution in [0.1, 0.15) is 12.8 Å². The highest BCUT2D eigenvalue weighted by molar-refractivity contribution is 5.78. The Bertz CT molecular complexity index is 248. The average Bonchev–Trinajstić information content (AvgIpc) is 3.07. The zero-order chi connectivity index (χ0) is 11.4. The minimum Gasteiger partial charge on any atom is -0.481 e. The van der Waals surface area contributed by atoms with Gasteiger partial charge in [-0.25, -0.2) is 0 Å². The van der Waals surface area contributed by atoms with Gasteiger partial charge in [-0.15, -0.1) is 0 Å². The van der Waals surface area contributed by atoms with Gasteiger partial charge in [-0.05, 0) is 12.8 Å². The van der Waals surface area contributed by atoms with E-state index in [1.807, 2.05) is 0 Å². The van der Waals surface area contributed by atoms with Crippen LogP contribution < -0.4 is 5.32 Å². The van der Waals surface area contributed by atoms with E-state index in [0.29, 0.717) is 6.54 Å². The summed E-state index contributed by atoms with van der Waals surface area (Å²) < 4.78 is 5.26. The molecule has 0 aromatic heterocycles. The van der Waals surface area contributed by atoms with Gasteiger partial charge in [0.15, 0.2) is 0 Å². The van der Waals surface area contributed by atoms with Crippen LogP contribution in [0.4, 0.5) is 0 Å². The molecule has 92 valence electrons. The molecule has 1 saturated heterocycles. The Balaban J connectivity index is 1.56. The van der Waals surface area contributed by atoms with Gasteiger partial charge in [0.25, 0.3) is 0 Å². The number of ether oxygens (including phenoxy) is 1. The molecule has 0 spiro atoms. The number of carboxylic acid groups (broad SMARTS) is 1. The first-order chi connectivity index (χ1) is 7.73. The molecular weight excluding hydrogens is 208 g/mol. The first-order valence-corrected chi connectivity index (χ1v) is 5.97. The highest BCUT2D eigenvalue weighted by atomic mass is 16.5. The van der Waals surface area contributed by atoms with Gasteiger partial charge >= 0.3 is 5.97 Å². The highest BCUT2D eigenvalue weighted by Crippen LogP contribution is 2.45. The lowest BCUT2D eigenvalue weighted by Gasteiger charge is -2.26. The number of carboxylic acids is 1. The molecule has 0 unspecified atom stereocenters. The lowest BCUT2D eigenvalue weighted by atomic mass is 10.1. The molecule has 0 bridgehead atoms. The molecule has 1 aliphatic heterocycles. The summed E-state index contributed by atoms with van der Waals surface area (Å²) in [5, 5.41) is 12.2. The lowest BCUT2D eigenvalue weighted by Crippen LogP contribution is -2.41. The molecule has 5 nitrogen and oxygen atoms in total. The van der Waals surface area contributed by atoms with Gasteiger partial charge in [-0.3, -0.25) is 9.69 Å². The van der Waals surface area contributed by atoms with Crippen molar-refractivity contribution in [1.82, 2.24) is 10.2 Å². The minimum atomic E-state index is -0.647. The van der Waals surface area contributed by atoms with Crippen LogP contribution in [0.5, 0.6) is 0 Å². The van der Waals surface area contributed by atoms with Crippen LogP contribution in [0.15, 0.2) is 0 Å². The smallest absolute Gasteiger partial charge is 0.310 e. The summed E-state index contributed by atoms with van der Waals surface area (Å²) in [6.45, 7) is 6.09. The lowest BCUT2D eigenvalue weighted by molar-refractivity contribution is -0.143. The number of nitrogens with one attached hydrogen (secondary N) is 1. The Kier molecular flexibility index (Phi) is 3.78. The predicted octanol–water partition coefficient (Wildman–Crippen LogP) is -0.227. The maximum atomic E-state index is 10.9. The number of hydrogen-bond donors (Lipinski definition) is 2. The maximum Gasteiger partial charge on any atom is 0.310 e. The van der Waals surface area contributed by atoms with Crippen LogP contribution in [0.3, 0.4) is 0 Å². The predicted molar refractivity (Wildman–Crippen MR) is 59.4 cm³/mol. The molecular formula is C11H20N2O3. The fourth-order valence-electron chi connectivity index (χ4n) is 2.01. The van der Waals surface area contributed by atoms with Crippen molar-refractivity contribution in [2.45, 2.75) is 12.8 Å². The Morgan fingerprint density at radius 2 is 2.06 bits per heavy atom. The average molecular weight is 228 g/mol. The molecule has 0 aromatic carbocycles. The summed E-state index contributed by atoms with van der Waals surface area (Å²) in [5.41, 5.74) is -0.439. The molecule has 2 rings (SSSR count). The van der Waals surface area contributed by atoms with E-state index >= 15 is 0 Å². The summed E-state index contributed by atoms with van der Waals surface area (Å²) >= 11 is 0. The second kappa shape index (κ2) is 5.12. The molecule has 0 aromatic rings. The van der Waals surface area contributed by atoms with Crippen molar-refractivity contribution >= 4 is 5.97 Å². The van der Waals surface area contributed by atoms with Gasteiger partial charge in [0.05, 0.1) is 18.6 Å². The van der Waals surface area contributed by atoms with Crippen molar-refractivity contribution in [1.29, 1.82) is 0 Å². The van der Waals surface area contributed by atoms with E-state index in [-0.39, 0.29) is 0 Å². The molecule has 2 N–H and O–H groups in total. The summed E-state index contributed by atoms with van der Waals surface area (Å²) in [7, 11) is 0. The van der Waals surface area contributed by atoms with E-state index in [2.05, 4.69) is 10.2 Å². The quantitative estimate of drug-likeness (QED) is 0.615. The molecule has 5 heteroatoms. The first-order valence-electron chi connectivity index (χ1n) is 5.97. The van der Waals surface area contributed by atoms with E-state index in [1.165, 1.54) is 0 Å². The topological polar surface area (TPSA) is 61.8 Å². The molecule has 1 heterocycles. The van der Waals surface area contributed by atoms with E-state index < -0.39 is 11.4 Å². The van der Waals surface area contributed by atoms with Crippen molar-refractivity contribution in [3.63, 3.8) is 0 Å². The Morgan fingerprint density at radius 3 is 2.62 bits per heavy atom. The third-order valence-corrected chi connectivity index (χ3v) is 3.48. The van der Waals surface area contributed by atoms with Crippen LogP contribution in [0.2, 0.25) is 0 Å². The standard InChI is InChI=1S/C11H20N2O3/c14-10(15)11(1-2-11)9-12-3-4-13-5-7-16-8-6-13/h12H,1-9H2,(H,14,15). The summed E-state index contributed by atoms with van der Waals surface area (Å²) in [4.78, 5) is 13.3. The van der Waals surface area contributed by atoms with Crippen molar-refractivity contribution in [3.8, 4) is 0 Å². The van der Waals surface area contributed by atoms with E-state index in [4.69, 9.17) is 9.84 Å². The second-order valence-corrected chi connectivity index (χ2v) is 4.72. The third-order valence-electron chi connectivity index (χ3n) is 3.48. The molecule has 0 amide bonds. The van der Waals surface area contributed by atoms with Gasteiger partial charge < -0.3 is 15.2 Å². The van der Waals surface area contributed by atoms with E-state index in [0.717, 1.165) is 52.2 Å². The largest absolute Gasteiger partial charge is 0.481 e. The normalized spacial score (nSPS) is 24.2. The Morgan fingerprint density at radius 1 is 1.38 bits per heavy atom. The van der Waals surface area contributed by atoms with Gasteiger partial charge in [0.1, 0.15) is 0 Å². The first kappa shape index (κ1) is 11.8. The maximum absolute atomic E-state index is 10.9. The number of carbonyl (C=O) groups is 1. The number of morpholine rings is 1. The van der Waals surface area contributed by atoms with Crippen molar-refractivity contribution in [2.75, 3.05) is 45.9 Å². The van der Waals surface area contributed by atoms with Crippen LogP contribution in [-0.4, -0.2) is 61.9 Å². The van der Waals surface area contributed by atoms with Crippen molar-refractivity contribution in [2.24, 2.45) is 5.41 Å². The summed E-state index contributed by atoms with van der Waals surface area (Å²) in [5.74, 6) is -0.647. The molecule has 16 heavy (non-hydrogen) atoms. The zero-order valence-corrected chi connectivity index (χ0v) is 9.57. The monoisotopic (exact) mass is 228 g/mol. The SMILES string of the molecule is O=C(O)C1(CNCCN2CCOCC2)CC1. The number of nitrogens with zero attached hydrogens (tertiary/aromatic N) is 1. The third kappa shape index (κ3) is 2.93. The second-order valence-electron chi connectivity index (χ2n) is 4.72. The van der Waals surface area contributed by atoms with Crippen LogP contribution in [-0.2, 0) is 9.53 Å². The van der Waals surface area contributed by atoms with Gasteiger partial charge in [-0.2, -0.15) is 0 Å². The Labute approximate surface area is 95.8 Å². The fraction of sp³-hybridized carbons (Fsp3) is 0.909. The molecule has 2 fully saturated rings. The molecule has 1 saturated carbocycles. The van der Waals surface area contributed by atoms with Crippen molar-refractivity contribution < 1.29 is 14.6 Å². The van der Waals surface area contributed by atoms with Gasteiger partial charge in [-0.1, -0.05) is 0 Å². The summed E-state index contributed by atoms with van der Waals surface area (Å²) in [6.07, 6.45) is 1.65. The highest BCUT2D eigenvalue weighted by Gasteiger charge is 2.49. The zero-order valence-electron chi connectivity index (χ0n) is 9.57. The Hall–Kier alpha value is -0.650. The number of aliphatic carboxylic acids is 1. The summed E-state index contributed by atoms with van der Waals surface area (Å²) in [6, 6.07) is 0. The van der Waals surface area contributed by atoms with Crippen LogP contribution in [0.25, 0.3) is 0 Å². The molecule has 2 aliphatic rings. The van der Waals surface area contributed by atoms with Gasteiger partial charge in [0, 0.05) is 32.7 Å². The molecule has 1 aliphatic carbocycles. The molecule has 0 radical (unpaired) electrons. The fourth-order valence-corrected chi connectivity index (χ4v) is 2.01. The van der Waals surface area contributed by atoms with Crippen molar-refractivity contribution in [3.05, 3.63) is 0 Å². The van der Waals surface area contributed by atoms with Crippen LogP contribution >= 0.6 is 0 Å². The molecule has 0 atom stereocenters. The van der Waals surface area contributed by atoms with Crippen LogP contribution in [0, 0.1) is 5.41 Å².